The van der Waals surface area contributed by atoms with Gasteiger partial charge in [-0.2, -0.15) is 0 Å². The Morgan fingerprint density at radius 2 is 2.20 bits per heavy atom. The molecule has 0 bridgehead atoms. The lowest BCUT2D eigenvalue weighted by molar-refractivity contribution is -0.124. The van der Waals surface area contributed by atoms with Crippen LogP contribution in [0.3, 0.4) is 0 Å². The van der Waals surface area contributed by atoms with Crippen molar-refractivity contribution in [2.24, 2.45) is 0 Å². The van der Waals surface area contributed by atoms with Crippen molar-refractivity contribution >= 4 is 16.8 Å². The molecule has 20 heavy (non-hydrogen) atoms. The molecule has 102 valence electrons. The van der Waals surface area contributed by atoms with Gasteiger partial charge in [0.05, 0.1) is 17.2 Å². The Bertz CT molecular complexity index is 776. The number of carbonyl (C=O) groups is 1. The van der Waals surface area contributed by atoms with Gasteiger partial charge in [-0.3, -0.25) is 14.2 Å². The third-order valence-electron chi connectivity index (χ3n) is 3.60. The molecule has 1 aliphatic heterocycles. The molecule has 1 amide bonds. The maximum Gasteiger partial charge on any atom is 0.261 e. The van der Waals surface area contributed by atoms with E-state index in [4.69, 9.17) is 0 Å². The van der Waals surface area contributed by atoms with Crippen molar-refractivity contribution in [3.05, 3.63) is 52.7 Å². The van der Waals surface area contributed by atoms with E-state index in [1.54, 1.807) is 6.07 Å². The van der Waals surface area contributed by atoms with Crippen molar-refractivity contribution in [2.45, 2.75) is 25.8 Å². The third-order valence-corrected chi connectivity index (χ3v) is 3.60. The fraction of sp³-hybridized carbons (Fsp3) is 0.267. The molecule has 3 rings (SSSR count). The number of nitrogens with zero attached hydrogens (tertiary/aromatic N) is 2. The highest BCUT2D eigenvalue weighted by Crippen LogP contribution is 2.21. The molecule has 0 aliphatic carbocycles. The summed E-state index contributed by atoms with van der Waals surface area (Å²) in [5.41, 5.74) is 2.17. The second kappa shape index (κ2) is 4.59. The van der Waals surface area contributed by atoms with Gasteiger partial charge in [0.15, 0.2) is 0 Å². The molecule has 2 aromatic rings. The molecule has 5 nitrogen and oxygen atoms in total. The van der Waals surface area contributed by atoms with Crippen LogP contribution in [0.2, 0.25) is 0 Å². The van der Waals surface area contributed by atoms with Crippen LogP contribution < -0.4 is 10.9 Å². The van der Waals surface area contributed by atoms with E-state index in [0.29, 0.717) is 29.4 Å². The Morgan fingerprint density at radius 1 is 1.40 bits per heavy atom. The molecule has 2 heterocycles. The molecule has 1 N–H and O–H groups in total. The van der Waals surface area contributed by atoms with Gasteiger partial charge in [0.1, 0.15) is 6.04 Å². The Morgan fingerprint density at radius 3 is 2.95 bits per heavy atom. The summed E-state index contributed by atoms with van der Waals surface area (Å²) < 4.78 is 1.42. The van der Waals surface area contributed by atoms with Gasteiger partial charge in [-0.15, -0.1) is 0 Å². The maximum atomic E-state index is 12.5. The number of allylic oxidation sites excluding steroid dienone is 1. The normalized spacial score (nSPS) is 19.1. The minimum absolute atomic E-state index is 0.175. The predicted molar refractivity (Wildman–Crippen MR) is 76.3 cm³/mol. The van der Waals surface area contributed by atoms with Crippen molar-refractivity contribution in [1.82, 2.24) is 14.9 Å². The Balaban J connectivity index is 2.13. The molecule has 1 aromatic carbocycles. The zero-order valence-electron chi connectivity index (χ0n) is 11.2. The average Bonchev–Trinajstić information content (AvgIpc) is 2.41. The van der Waals surface area contributed by atoms with Crippen LogP contribution in [0, 0.1) is 6.92 Å². The van der Waals surface area contributed by atoms with E-state index in [-0.39, 0.29) is 11.5 Å². The molecule has 1 fully saturated rings. The van der Waals surface area contributed by atoms with Gasteiger partial charge in [-0.1, -0.05) is 18.2 Å². The molecule has 1 saturated heterocycles. The summed E-state index contributed by atoms with van der Waals surface area (Å²) in [6.07, 6.45) is 2.70. The Labute approximate surface area is 115 Å². The zero-order valence-corrected chi connectivity index (χ0v) is 11.2. The van der Waals surface area contributed by atoms with E-state index < -0.39 is 6.04 Å². The van der Waals surface area contributed by atoms with E-state index in [2.05, 4.69) is 16.9 Å². The van der Waals surface area contributed by atoms with Gasteiger partial charge in [-0.05, 0) is 31.9 Å². The van der Waals surface area contributed by atoms with Crippen LogP contribution >= 0.6 is 0 Å². The summed E-state index contributed by atoms with van der Waals surface area (Å²) >= 11 is 0. The van der Waals surface area contributed by atoms with Gasteiger partial charge >= 0.3 is 0 Å². The molecule has 1 unspecified atom stereocenters. The second-order valence-corrected chi connectivity index (χ2v) is 5.12. The first-order valence-corrected chi connectivity index (χ1v) is 6.52. The molecule has 0 radical (unpaired) electrons. The van der Waals surface area contributed by atoms with Crippen LogP contribution in [0.25, 0.3) is 10.9 Å². The molecule has 1 aromatic heterocycles. The molecular formula is C15H15N3O2. The second-order valence-electron chi connectivity index (χ2n) is 5.12. The lowest BCUT2D eigenvalue weighted by Gasteiger charge is -2.24. The van der Waals surface area contributed by atoms with Crippen LogP contribution in [0.15, 0.2) is 41.6 Å². The summed E-state index contributed by atoms with van der Waals surface area (Å²) in [5.74, 6) is -0.197. The fourth-order valence-electron chi connectivity index (χ4n) is 2.50. The van der Waals surface area contributed by atoms with Gasteiger partial charge in [0, 0.05) is 5.70 Å². The number of rotatable bonds is 1. The van der Waals surface area contributed by atoms with Crippen molar-refractivity contribution < 1.29 is 4.79 Å². The van der Waals surface area contributed by atoms with Gasteiger partial charge in [0.25, 0.3) is 5.56 Å². The standard InChI is InChI=1S/C15H15N3O2/c1-9-3-5-12-11(7-9)15(20)18(8-16-12)13-6-4-10(2)17-14(13)19/h3,5,7-8,13H,2,4,6H2,1H3,(H,17,19). The molecule has 0 spiro atoms. The summed E-state index contributed by atoms with van der Waals surface area (Å²) in [6.45, 7) is 5.67. The highest BCUT2D eigenvalue weighted by molar-refractivity contribution is 5.84. The number of carbonyl (C=O) groups excluding carboxylic acids is 1. The minimum atomic E-state index is -0.509. The van der Waals surface area contributed by atoms with E-state index in [0.717, 1.165) is 5.56 Å². The van der Waals surface area contributed by atoms with E-state index in [9.17, 15) is 9.59 Å². The molecule has 1 aliphatic rings. The van der Waals surface area contributed by atoms with Crippen molar-refractivity contribution in [3.8, 4) is 0 Å². The molecular weight excluding hydrogens is 254 g/mol. The van der Waals surface area contributed by atoms with E-state index >= 15 is 0 Å². The monoisotopic (exact) mass is 269 g/mol. The quantitative estimate of drug-likeness (QED) is 0.856. The highest BCUT2D eigenvalue weighted by Gasteiger charge is 2.26. The van der Waals surface area contributed by atoms with Crippen LogP contribution in [-0.4, -0.2) is 15.5 Å². The number of fused-ring (bicyclic) bond motifs is 1. The first kappa shape index (κ1) is 12.6. The summed E-state index contributed by atoms with van der Waals surface area (Å²) in [5, 5.41) is 3.24. The predicted octanol–water partition coefficient (Wildman–Crippen LogP) is 1.67. The number of hydrogen-bond acceptors (Lipinski definition) is 3. The number of benzene rings is 1. The topological polar surface area (TPSA) is 64.0 Å². The van der Waals surface area contributed by atoms with Gasteiger partial charge < -0.3 is 5.32 Å². The summed E-state index contributed by atoms with van der Waals surface area (Å²) in [4.78, 5) is 28.8. The number of aryl methyl sites for hydroxylation is 1. The van der Waals surface area contributed by atoms with Crippen LogP contribution in [-0.2, 0) is 4.79 Å². The smallest absolute Gasteiger partial charge is 0.261 e. The summed E-state index contributed by atoms with van der Waals surface area (Å²) in [6, 6.07) is 5.03. The van der Waals surface area contributed by atoms with E-state index in [1.165, 1.54) is 10.9 Å². The van der Waals surface area contributed by atoms with E-state index in [1.807, 2.05) is 19.1 Å². The van der Waals surface area contributed by atoms with Gasteiger partial charge in [-0.25, -0.2) is 4.98 Å². The largest absolute Gasteiger partial charge is 0.329 e. The van der Waals surface area contributed by atoms with Crippen molar-refractivity contribution in [3.63, 3.8) is 0 Å². The number of piperidine rings is 1. The van der Waals surface area contributed by atoms with Crippen LogP contribution in [0.4, 0.5) is 0 Å². The molecule has 0 saturated carbocycles. The SMILES string of the molecule is C=C1CCC(n2cnc3ccc(C)cc3c2=O)C(=O)N1. The van der Waals surface area contributed by atoms with Crippen LogP contribution in [0.1, 0.15) is 24.4 Å². The molecule has 1 atom stereocenters. The van der Waals surface area contributed by atoms with Gasteiger partial charge in [0.2, 0.25) is 5.91 Å². The fourth-order valence-corrected chi connectivity index (χ4v) is 2.50. The van der Waals surface area contributed by atoms with Crippen molar-refractivity contribution in [2.75, 3.05) is 0 Å². The maximum absolute atomic E-state index is 12.5. The first-order valence-electron chi connectivity index (χ1n) is 6.52. The third kappa shape index (κ3) is 2.01. The number of nitrogens with one attached hydrogen (secondary N) is 1. The lowest BCUT2D eigenvalue weighted by Crippen LogP contribution is -2.40. The Hall–Kier alpha value is -2.43. The first-order chi connectivity index (χ1) is 9.56. The highest BCUT2D eigenvalue weighted by atomic mass is 16.2. The number of hydrogen-bond donors (Lipinski definition) is 1. The Kier molecular flexibility index (Phi) is 2.89. The minimum Gasteiger partial charge on any atom is -0.329 e. The summed E-state index contributed by atoms with van der Waals surface area (Å²) in [7, 11) is 0. The lowest BCUT2D eigenvalue weighted by atomic mass is 10.0. The van der Waals surface area contributed by atoms with Crippen LogP contribution in [0.5, 0.6) is 0 Å². The number of aromatic nitrogens is 2. The number of amides is 1. The average molecular weight is 269 g/mol. The zero-order chi connectivity index (χ0) is 14.3. The molecule has 5 heteroatoms. The van der Waals surface area contributed by atoms with Crippen molar-refractivity contribution in [1.29, 1.82) is 0 Å².